The molecule has 0 saturated heterocycles. The first-order valence-corrected chi connectivity index (χ1v) is 12.5. The van der Waals surface area contributed by atoms with Crippen molar-refractivity contribution in [2.24, 2.45) is 10.9 Å². The van der Waals surface area contributed by atoms with Crippen molar-refractivity contribution in [3.63, 3.8) is 0 Å². The van der Waals surface area contributed by atoms with Crippen molar-refractivity contribution in [1.82, 2.24) is 0 Å². The molecule has 194 valence electrons. The van der Waals surface area contributed by atoms with Gasteiger partial charge in [-0.1, -0.05) is 86.2 Å². The van der Waals surface area contributed by atoms with E-state index in [9.17, 15) is 15.2 Å². The van der Waals surface area contributed by atoms with Gasteiger partial charge < -0.3 is 5.11 Å². The van der Waals surface area contributed by atoms with Gasteiger partial charge in [0.25, 0.3) is 0 Å². The third-order valence-corrected chi connectivity index (χ3v) is 3.99. The lowest BCUT2D eigenvalue weighted by Gasteiger charge is -2.07. The van der Waals surface area contributed by atoms with E-state index in [-0.39, 0.29) is 17.1 Å². The van der Waals surface area contributed by atoms with Crippen molar-refractivity contribution in [3.8, 4) is 6.07 Å². The van der Waals surface area contributed by atoms with E-state index in [1.54, 1.807) is 12.1 Å². The molecule has 0 atom stereocenters. The quantitative estimate of drug-likeness (QED) is 0.174. The number of ketones is 1. The Labute approximate surface area is 215 Å². The van der Waals surface area contributed by atoms with E-state index in [2.05, 4.69) is 38.4 Å². The number of aliphatic imine (C=N–C) groups is 1. The Balaban J connectivity index is -0.00000113. The van der Waals surface area contributed by atoms with E-state index in [0.717, 1.165) is 29.0 Å². The monoisotopic (exact) mass is 480 g/mol. The molecule has 0 radical (unpaired) electrons. The van der Waals surface area contributed by atoms with E-state index in [0.29, 0.717) is 17.7 Å². The highest BCUT2D eigenvalue weighted by atomic mass is 16.3. The van der Waals surface area contributed by atoms with Crippen LogP contribution in [0.4, 0.5) is 0 Å². The lowest BCUT2D eigenvalue weighted by molar-refractivity contribution is -0.113. The Hall–Kier alpha value is -3.19. The maximum absolute atomic E-state index is 11.8. The number of hydrogen-bond acceptors (Lipinski definition) is 4. The number of carbonyl (C=O) groups is 1. The van der Waals surface area contributed by atoms with Gasteiger partial charge in [0, 0.05) is 12.8 Å². The van der Waals surface area contributed by atoms with Gasteiger partial charge in [-0.25, -0.2) is 0 Å². The maximum Gasteiger partial charge on any atom is 0.165 e. The van der Waals surface area contributed by atoms with E-state index in [1.807, 2.05) is 72.7 Å². The normalized spacial score (nSPS) is 11.6. The zero-order valence-electron chi connectivity index (χ0n) is 24.0. The van der Waals surface area contributed by atoms with Crippen molar-refractivity contribution in [2.45, 2.75) is 82.6 Å². The van der Waals surface area contributed by atoms with E-state index in [1.165, 1.54) is 13.1 Å². The molecule has 1 aromatic carbocycles. The molecule has 0 fully saturated rings. The zero-order valence-corrected chi connectivity index (χ0v) is 24.0. The van der Waals surface area contributed by atoms with Crippen LogP contribution in [0.25, 0.3) is 5.57 Å². The van der Waals surface area contributed by atoms with Gasteiger partial charge in [0.1, 0.15) is 5.76 Å². The standard InChI is InChI=1S/C23H26N2O2.C4H10.2C2H6/c1-6-11-25-15-22(19(5)26)23(27)13-17(3)16(2)12-18(4)21-10-8-7-9-20(21)14-24;1-4(2)3;2*1-2/h7-10,12-13,15,27H,4,6,11H2,1-3,5H3;4H,1-3H3;2*1-2H3/b16-12+,17-13+,23-22-,25-15?;;;. The molecule has 1 aromatic rings. The molecule has 0 aliphatic carbocycles. The van der Waals surface area contributed by atoms with Gasteiger partial charge in [0.2, 0.25) is 0 Å². The number of rotatable bonds is 8. The number of allylic oxidation sites excluding steroid dienone is 6. The molecule has 0 spiro atoms. The smallest absolute Gasteiger partial charge is 0.165 e. The first-order chi connectivity index (χ1) is 16.5. The number of Topliss-reactive ketones (excluding diaryl/α,β-unsaturated/α-hetero) is 1. The summed E-state index contributed by atoms with van der Waals surface area (Å²) in [6.07, 6.45) is 5.69. The molecule has 35 heavy (non-hydrogen) atoms. The highest BCUT2D eigenvalue weighted by molar-refractivity contribution is 6.12. The minimum Gasteiger partial charge on any atom is -0.507 e. The topological polar surface area (TPSA) is 73.5 Å². The largest absolute Gasteiger partial charge is 0.507 e. The molecule has 0 bridgehead atoms. The molecule has 4 heteroatoms. The zero-order chi connectivity index (χ0) is 28.0. The Morgan fingerprint density at radius 3 is 2.00 bits per heavy atom. The minimum absolute atomic E-state index is 0.115. The third-order valence-electron chi connectivity index (χ3n) is 3.99. The van der Waals surface area contributed by atoms with Gasteiger partial charge in [-0.2, -0.15) is 5.26 Å². The summed E-state index contributed by atoms with van der Waals surface area (Å²) in [4.78, 5) is 15.9. The first-order valence-electron chi connectivity index (χ1n) is 12.5. The Bertz CT molecular complexity index is 921. The van der Waals surface area contributed by atoms with Crippen molar-refractivity contribution < 1.29 is 9.90 Å². The van der Waals surface area contributed by atoms with Crippen LogP contribution < -0.4 is 0 Å². The van der Waals surface area contributed by atoms with Crippen LogP contribution in [0.15, 0.2) is 70.5 Å². The summed E-state index contributed by atoms with van der Waals surface area (Å²) in [5, 5.41) is 19.6. The fourth-order valence-corrected chi connectivity index (χ4v) is 2.33. The number of aliphatic hydroxyl groups is 1. The number of hydrogen-bond donors (Lipinski definition) is 1. The molecular formula is C31H48N2O2. The lowest BCUT2D eigenvalue weighted by Crippen LogP contribution is -2.03. The predicted molar refractivity (Wildman–Crippen MR) is 155 cm³/mol. The van der Waals surface area contributed by atoms with E-state index < -0.39 is 0 Å². The molecule has 4 nitrogen and oxygen atoms in total. The minimum atomic E-state index is -0.245. The third kappa shape index (κ3) is 17.0. The Kier molecular flexibility index (Phi) is 23.5. The van der Waals surface area contributed by atoms with Gasteiger partial charge in [0.05, 0.1) is 17.2 Å². The number of benzene rings is 1. The maximum atomic E-state index is 11.8. The fourth-order valence-electron chi connectivity index (χ4n) is 2.33. The Morgan fingerprint density at radius 1 is 1.06 bits per heavy atom. The highest BCUT2D eigenvalue weighted by Gasteiger charge is 2.08. The highest BCUT2D eigenvalue weighted by Crippen LogP contribution is 2.22. The number of nitriles is 1. The van der Waals surface area contributed by atoms with E-state index in [4.69, 9.17) is 0 Å². The van der Waals surface area contributed by atoms with Crippen LogP contribution in [0.1, 0.15) is 93.7 Å². The second kappa shape index (κ2) is 22.6. The molecule has 1 N–H and O–H groups in total. The average Bonchev–Trinajstić information content (AvgIpc) is 2.83. The van der Waals surface area contributed by atoms with Crippen LogP contribution in [0.3, 0.4) is 0 Å². The van der Waals surface area contributed by atoms with Crippen molar-refractivity contribution >= 4 is 17.6 Å². The van der Waals surface area contributed by atoms with Crippen LogP contribution in [-0.2, 0) is 4.79 Å². The van der Waals surface area contributed by atoms with E-state index >= 15 is 0 Å². The van der Waals surface area contributed by atoms with Crippen LogP contribution in [0, 0.1) is 17.2 Å². The van der Waals surface area contributed by atoms with Crippen molar-refractivity contribution in [1.29, 1.82) is 5.26 Å². The molecule has 0 amide bonds. The summed E-state index contributed by atoms with van der Waals surface area (Å²) in [5.74, 6) is 0.473. The molecule has 0 aliphatic rings. The molecule has 0 saturated carbocycles. The molecule has 0 aromatic heterocycles. The Morgan fingerprint density at radius 2 is 1.54 bits per heavy atom. The van der Waals surface area contributed by atoms with Crippen LogP contribution >= 0.6 is 0 Å². The van der Waals surface area contributed by atoms with Gasteiger partial charge in [0.15, 0.2) is 5.78 Å². The number of carbonyl (C=O) groups excluding carboxylic acids is 1. The van der Waals surface area contributed by atoms with Gasteiger partial charge in [-0.15, -0.1) is 0 Å². The summed E-state index contributed by atoms with van der Waals surface area (Å²) < 4.78 is 0. The molecule has 0 unspecified atom stereocenters. The number of nitrogens with zero attached hydrogens (tertiary/aromatic N) is 2. The second-order valence-corrected chi connectivity index (χ2v) is 7.96. The van der Waals surface area contributed by atoms with Crippen molar-refractivity contribution in [3.05, 3.63) is 76.6 Å². The average molecular weight is 481 g/mol. The summed E-state index contributed by atoms with van der Waals surface area (Å²) in [6.45, 7) is 26.3. The second-order valence-electron chi connectivity index (χ2n) is 7.96. The van der Waals surface area contributed by atoms with Crippen molar-refractivity contribution in [2.75, 3.05) is 6.54 Å². The first kappa shape index (κ1) is 36.4. The summed E-state index contributed by atoms with van der Waals surface area (Å²) in [7, 11) is 0. The SMILES string of the molecule is C=C(/C=C(C)/C(C)=C/C(O)=C(\C=NCCC)C(C)=O)c1ccccc1C#N.CC.CC.CC(C)C. The van der Waals surface area contributed by atoms with Gasteiger partial charge in [-0.05, 0) is 67.5 Å². The molecule has 1 rings (SSSR count). The summed E-state index contributed by atoms with van der Waals surface area (Å²) >= 11 is 0. The molecule has 0 aliphatic heterocycles. The fraction of sp³-hybridized carbons (Fsp3) is 0.452. The predicted octanol–water partition coefficient (Wildman–Crippen LogP) is 9.06. The molecular weight excluding hydrogens is 432 g/mol. The van der Waals surface area contributed by atoms with Gasteiger partial charge >= 0.3 is 0 Å². The summed E-state index contributed by atoms with van der Waals surface area (Å²) in [5.41, 5.74) is 3.87. The van der Waals surface area contributed by atoms with Crippen LogP contribution in [0.5, 0.6) is 0 Å². The summed E-state index contributed by atoms with van der Waals surface area (Å²) in [6, 6.07) is 9.42. The number of aliphatic hydroxyl groups excluding tert-OH is 1. The van der Waals surface area contributed by atoms with Crippen LogP contribution in [0.2, 0.25) is 0 Å². The molecule has 0 heterocycles. The lowest BCUT2D eigenvalue weighted by atomic mass is 9.97. The van der Waals surface area contributed by atoms with Gasteiger partial charge in [-0.3, -0.25) is 9.79 Å². The van der Waals surface area contributed by atoms with Crippen LogP contribution in [-0.4, -0.2) is 23.6 Å².